The lowest BCUT2D eigenvalue weighted by Crippen LogP contribution is -2.16. The smallest absolute Gasteiger partial charge is 0.164 e. The Morgan fingerprint density at radius 3 is 2.80 bits per heavy atom. The Labute approximate surface area is 104 Å². The van der Waals surface area contributed by atoms with Crippen molar-refractivity contribution in [3.05, 3.63) is 32.9 Å². The molecule has 2 rings (SSSR count). The normalized spacial score (nSPS) is 16.1. The Balaban J connectivity index is 2.13. The third-order valence-corrected chi connectivity index (χ3v) is 4.62. The van der Waals surface area contributed by atoms with Gasteiger partial charge in [-0.2, -0.15) is 0 Å². The highest BCUT2D eigenvalue weighted by atomic mass is 127. The molecule has 0 radical (unpaired) electrons. The summed E-state index contributed by atoms with van der Waals surface area (Å²) < 4.78 is 1.12. The molecular formula is C13H15IO. The quantitative estimate of drug-likeness (QED) is 0.609. The number of carbonyl (C=O) groups is 1. The van der Waals surface area contributed by atoms with E-state index in [0.29, 0.717) is 11.7 Å². The SMILES string of the molecule is Cc1cccc(C(=O)CC2CCC2)c1I. The predicted octanol–water partition coefficient (Wildman–Crippen LogP) is 3.97. The topological polar surface area (TPSA) is 17.1 Å². The number of aryl methyl sites for hydroxylation is 1. The Bertz CT molecular complexity index is 380. The molecule has 0 amide bonds. The number of ketones is 1. The average Bonchev–Trinajstić information content (AvgIpc) is 2.15. The Kier molecular flexibility index (Phi) is 3.44. The minimum Gasteiger partial charge on any atom is -0.294 e. The zero-order valence-electron chi connectivity index (χ0n) is 8.92. The molecule has 0 saturated heterocycles. The largest absolute Gasteiger partial charge is 0.294 e. The first-order chi connectivity index (χ1) is 7.18. The van der Waals surface area contributed by atoms with E-state index < -0.39 is 0 Å². The van der Waals surface area contributed by atoms with Gasteiger partial charge < -0.3 is 0 Å². The fraction of sp³-hybridized carbons (Fsp3) is 0.462. The summed E-state index contributed by atoms with van der Waals surface area (Å²) in [6.07, 6.45) is 4.55. The molecule has 1 fully saturated rings. The second kappa shape index (κ2) is 4.64. The minimum absolute atomic E-state index is 0.327. The number of rotatable bonds is 3. The highest BCUT2D eigenvalue weighted by Gasteiger charge is 2.22. The van der Waals surface area contributed by atoms with Crippen LogP contribution in [0.4, 0.5) is 0 Å². The molecule has 1 aliphatic carbocycles. The van der Waals surface area contributed by atoms with E-state index in [2.05, 4.69) is 35.6 Å². The number of carbonyl (C=O) groups excluding carboxylic acids is 1. The van der Waals surface area contributed by atoms with Crippen LogP contribution >= 0.6 is 22.6 Å². The first kappa shape index (κ1) is 11.1. The fourth-order valence-corrected chi connectivity index (χ4v) is 2.59. The van der Waals surface area contributed by atoms with Crippen molar-refractivity contribution in [1.82, 2.24) is 0 Å². The molecule has 2 heteroatoms. The van der Waals surface area contributed by atoms with E-state index in [1.807, 2.05) is 12.1 Å². The summed E-state index contributed by atoms with van der Waals surface area (Å²) in [4.78, 5) is 12.0. The van der Waals surface area contributed by atoms with E-state index in [-0.39, 0.29) is 0 Å². The van der Waals surface area contributed by atoms with Crippen LogP contribution in [0, 0.1) is 16.4 Å². The van der Waals surface area contributed by atoms with Crippen molar-refractivity contribution in [2.45, 2.75) is 32.6 Å². The monoisotopic (exact) mass is 314 g/mol. The second-order valence-corrected chi connectivity index (χ2v) is 5.44. The number of halogens is 1. The van der Waals surface area contributed by atoms with E-state index in [1.54, 1.807) is 0 Å². The molecule has 0 heterocycles. The van der Waals surface area contributed by atoms with Crippen LogP contribution in [0.3, 0.4) is 0 Å². The average molecular weight is 314 g/mol. The van der Waals surface area contributed by atoms with Crippen LogP contribution in [-0.4, -0.2) is 5.78 Å². The van der Waals surface area contributed by atoms with Crippen molar-refractivity contribution in [2.75, 3.05) is 0 Å². The summed E-state index contributed by atoms with van der Waals surface area (Å²) in [7, 11) is 0. The first-order valence-corrected chi connectivity index (χ1v) is 6.54. The Hall–Kier alpha value is -0.380. The summed E-state index contributed by atoms with van der Waals surface area (Å²) in [6.45, 7) is 2.06. The van der Waals surface area contributed by atoms with Crippen LogP contribution < -0.4 is 0 Å². The molecule has 0 aromatic heterocycles. The van der Waals surface area contributed by atoms with Crippen LogP contribution in [0.2, 0.25) is 0 Å². The lowest BCUT2D eigenvalue weighted by Gasteiger charge is -2.24. The maximum absolute atomic E-state index is 12.0. The number of benzene rings is 1. The van der Waals surface area contributed by atoms with Gasteiger partial charge in [0.15, 0.2) is 5.78 Å². The van der Waals surface area contributed by atoms with Crippen LogP contribution in [0.5, 0.6) is 0 Å². The maximum atomic E-state index is 12.0. The molecule has 0 unspecified atom stereocenters. The van der Waals surface area contributed by atoms with Gasteiger partial charge in [-0.1, -0.05) is 37.5 Å². The van der Waals surface area contributed by atoms with Crippen molar-refractivity contribution < 1.29 is 4.79 Å². The second-order valence-electron chi connectivity index (χ2n) is 4.36. The third kappa shape index (κ3) is 2.41. The summed E-state index contributed by atoms with van der Waals surface area (Å²) in [5.74, 6) is 0.988. The van der Waals surface area contributed by atoms with Gasteiger partial charge in [-0.15, -0.1) is 0 Å². The molecule has 1 aromatic carbocycles. The van der Waals surface area contributed by atoms with Gasteiger partial charge in [0.1, 0.15) is 0 Å². The first-order valence-electron chi connectivity index (χ1n) is 5.47. The highest BCUT2D eigenvalue weighted by Crippen LogP contribution is 2.31. The van der Waals surface area contributed by atoms with E-state index in [1.165, 1.54) is 24.8 Å². The molecule has 0 atom stereocenters. The zero-order chi connectivity index (χ0) is 10.8. The summed E-state index contributed by atoms with van der Waals surface area (Å²) >= 11 is 2.28. The van der Waals surface area contributed by atoms with Crippen LogP contribution in [-0.2, 0) is 0 Å². The van der Waals surface area contributed by atoms with Crippen molar-refractivity contribution in [1.29, 1.82) is 0 Å². The molecule has 80 valence electrons. The van der Waals surface area contributed by atoms with Gasteiger partial charge in [-0.25, -0.2) is 0 Å². The Morgan fingerprint density at radius 2 is 2.20 bits per heavy atom. The lowest BCUT2D eigenvalue weighted by atomic mass is 9.81. The molecule has 0 spiro atoms. The standard InChI is InChI=1S/C13H15IO/c1-9-4-2-7-11(13(9)14)12(15)8-10-5-3-6-10/h2,4,7,10H,3,5-6,8H2,1H3. The highest BCUT2D eigenvalue weighted by molar-refractivity contribution is 14.1. The van der Waals surface area contributed by atoms with Gasteiger partial charge >= 0.3 is 0 Å². The van der Waals surface area contributed by atoms with Crippen LogP contribution in [0.1, 0.15) is 41.6 Å². The molecule has 0 bridgehead atoms. The van der Waals surface area contributed by atoms with Crippen molar-refractivity contribution in [3.8, 4) is 0 Å². The van der Waals surface area contributed by atoms with Crippen LogP contribution in [0.15, 0.2) is 18.2 Å². The zero-order valence-corrected chi connectivity index (χ0v) is 11.1. The van der Waals surface area contributed by atoms with E-state index >= 15 is 0 Å². The molecule has 1 saturated carbocycles. The van der Waals surface area contributed by atoms with E-state index in [4.69, 9.17) is 0 Å². The van der Waals surface area contributed by atoms with Crippen molar-refractivity contribution >= 4 is 28.4 Å². The van der Waals surface area contributed by atoms with Gasteiger partial charge in [0, 0.05) is 15.6 Å². The summed E-state index contributed by atoms with van der Waals surface area (Å²) in [6, 6.07) is 5.99. The number of hydrogen-bond donors (Lipinski definition) is 0. The number of hydrogen-bond acceptors (Lipinski definition) is 1. The van der Waals surface area contributed by atoms with E-state index in [0.717, 1.165) is 15.6 Å². The third-order valence-electron chi connectivity index (χ3n) is 3.19. The lowest BCUT2D eigenvalue weighted by molar-refractivity contribution is 0.0935. The number of Topliss-reactive ketones (excluding diaryl/α,β-unsaturated/α-hetero) is 1. The molecule has 1 aliphatic rings. The van der Waals surface area contributed by atoms with Gasteiger partial charge in [-0.05, 0) is 41.0 Å². The fourth-order valence-electron chi connectivity index (χ4n) is 1.93. The summed E-state index contributed by atoms with van der Waals surface area (Å²) in [5, 5.41) is 0. The molecule has 0 N–H and O–H groups in total. The molecule has 15 heavy (non-hydrogen) atoms. The molecule has 1 aromatic rings. The van der Waals surface area contributed by atoms with Crippen LogP contribution in [0.25, 0.3) is 0 Å². The van der Waals surface area contributed by atoms with Gasteiger partial charge in [0.25, 0.3) is 0 Å². The Morgan fingerprint density at radius 1 is 1.47 bits per heavy atom. The van der Waals surface area contributed by atoms with Crippen molar-refractivity contribution in [2.24, 2.45) is 5.92 Å². The molecule has 0 aliphatic heterocycles. The molecular weight excluding hydrogens is 299 g/mol. The maximum Gasteiger partial charge on any atom is 0.164 e. The van der Waals surface area contributed by atoms with E-state index in [9.17, 15) is 4.79 Å². The van der Waals surface area contributed by atoms with Gasteiger partial charge in [0.05, 0.1) is 0 Å². The minimum atomic E-state index is 0.327. The van der Waals surface area contributed by atoms with Gasteiger partial charge in [-0.3, -0.25) is 4.79 Å². The molecule has 1 nitrogen and oxygen atoms in total. The van der Waals surface area contributed by atoms with Gasteiger partial charge in [0.2, 0.25) is 0 Å². The predicted molar refractivity (Wildman–Crippen MR) is 70.2 cm³/mol. The summed E-state index contributed by atoms with van der Waals surface area (Å²) in [5.41, 5.74) is 2.12. The van der Waals surface area contributed by atoms with Crippen molar-refractivity contribution in [3.63, 3.8) is 0 Å².